The highest BCUT2D eigenvalue weighted by molar-refractivity contribution is 5.39. The van der Waals surface area contributed by atoms with Crippen LogP contribution in [0.2, 0.25) is 0 Å². The standard InChI is InChI=1S/C22H28O/c1-4-15-6-8-17-16(14-15)7-9-19-18(17)10-12-21(3)20(19)11-13-22(21,23)5-2/h2,6,8,14,18-20,23H,4,7,9-13H2,1,3H3. The van der Waals surface area contributed by atoms with Crippen molar-refractivity contribution >= 4 is 0 Å². The number of aliphatic hydroxyl groups is 1. The Bertz CT molecular complexity index is 669. The molecule has 4 rings (SSSR count). The number of terminal acetylenes is 1. The number of fused-ring (bicyclic) bond motifs is 5. The summed E-state index contributed by atoms with van der Waals surface area (Å²) in [5, 5.41) is 11.0. The minimum Gasteiger partial charge on any atom is -0.377 e. The van der Waals surface area contributed by atoms with E-state index >= 15 is 0 Å². The first-order chi connectivity index (χ1) is 11.0. The molecule has 0 saturated heterocycles. The average Bonchev–Trinajstić information content (AvgIpc) is 2.86. The smallest absolute Gasteiger partial charge is 0.130 e. The van der Waals surface area contributed by atoms with E-state index in [9.17, 15) is 5.11 Å². The van der Waals surface area contributed by atoms with Gasteiger partial charge in [0.1, 0.15) is 5.60 Å². The highest BCUT2D eigenvalue weighted by Crippen LogP contribution is 2.64. The summed E-state index contributed by atoms with van der Waals surface area (Å²) in [6, 6.07) is 7.16. The van der Waals surface area contributed by atoms with Gasteiger partial charge in [-0.2, -0.15) is 0 Å². The molecule has 2 saturated carbocycles. The molecule has 1 aromatic rings. The Hall–Kier alpha value is -1.26. The van der Waals surface area contributed by atoms with Gasteiger partial charge >= 0.3 is 0 Å². The summed E-state index contributed by atoms with van der Waals surface area (Å²) in [6.07, 6.45) is 13.5. The summed E-state index contributed by atoms with van der Waals surface area (Å²) < 4.78 is 0. The van der Waals surface area contributed by atoms with E-state index in [0.29, 0.717) is 17.8 Å². The third-order valence-electron chi connectivity index (χ3n) is 7.59. The van der Waals surface area contributed by atoms with Crippen LogP contribution in [0.1, 0.15) is 68.6 Å². The number of rotatable bonds is 1. The van der Waals surface area contributed by atoms with Crippen molar-refractivity contribution in [1.29, 1.82) is 0 Å². The van der Waals surface area contributed by atoms with Crippen LogP contribution < -0.4 is 0 Å². The molecule has 1 heteroatoms. The lowest BCUT2D eigenvalue weighted by molar-refractivity contribution is -0.0646. The summed E-state index contributed by atoms with van der Waals surface area (Å²) in [6.45, 7) is 4.50. The first-order valence-electron chi connectivity index (χ1n) is 9.34. The van der Waals surface area contributed by atoms with Crippen molar-refractivity contribution in [1.82, 2.24) is 0 Å². The molecular formula is C22H28O. The van der Waals surface area contributed by atoms with Gasteiger partial charge in [-0.1, -0.05) is 38.0 Å². The summed E-state index contributed by atoms with van der Waals surface area (Å²) >= 11 is 0. The van der Waals surface area contributed by atoms with Crippen LogP contribution in [0, 0.1) is 29.6 Å². The van der Waals surface area contributed by atoms with Crippen LogP contribution in [-0.2, 0) is 12.8 Å². The van der Waals surface area contributed by atoms with E-state index in [2.05, 4.69) is 38.0 Å². The van der Waals surface area contributed by atoms with Crippen LogP contribution >= 0.6 is 0 Å². The number of benzene rings is 1. The molecule has 0 amide bonds. The Balaban J connectivity index is 1.70. The Morgan fingerprint density at radius 1 is 1.26 bits per heavy atom. The van der Waals surface area contributed by atoms with Crippen molar-refractivity contribution in [3.63, 3.8) is 0 Å². The molecule has 3 aliphatic carbocycles. The molecular weight excluding hydrogens is 280 g/mol. The molecule has 2 fully saturated rings. The quantitative estimate of drug-likeness (QED) is 0.759. The summed E-state index contributed by atoms with van der Waals surface area (Å²) in [5.41, 5.74) is 3.68. The van der Waals surface area contributed by atoms with Gasteiger partial charge in [0.15, 0.2) is 0 Å². The molecule has 0 spiro atoms. The molecule has 0 aliphatic heterocycles. The third kappa shape index (κ3) is 1.97. The Kier molecular flexibility index (Phi) is 3.40. The first kappa shape index (κ1) is 15.3. The van der Waals surface area contributed by atoms with Gasteiger partial charge in [-0.25, -0.2) is 0 Å². The van der Waals surface area contributed by atoms with E-state index in [4.69, 9.17) is 6.42 Å². The maximum atomic E-state index is 11.0. The van der Waals surface area contributed by atoms with Gasteiger partial charge in [-0.05, 0) is 79.4 Å². The fourth-order valence-electron chi connectivity index (χ4n) is 6.11. The predicted octanol–water partition coefficient (Wildman–Crippen LogP) is 4.47. The van der Waals surface area contributed by atoms with Crippen LogP contribution in [0.15, 0.2) is 18.2 Å². The van der Waals surface area contributed by atoms with E-state index in [-0.39, 0.29) is 5.41 Å². The number of hydrogen-bond acceptors (Lipinski definition) is 1. The van der Waals surface area contributed by atoms with Crippen molar-refractivity contribution in [2.75, 3.05) is 0 Å². The van der Waals surface area contributed by atoms with Crippen molar-refractivity contribution in [2.45, 2.75) is 70.3 Å². The Morgan fingerprint density at radius 2 is 2.09 bits per heavy atom. The first-order valence-corrected chi connectivity index (χ1v) is 9.34. The van der Waals surface area contributed by atoms with E-state index in [1.807, 2.05) is 0 Å². The minimum atomic E-state index is -0.880. The second-order valence-corrected chi connectivity index (χ2v) is 8.30. The van der Waals surface area contributed by atoms with Gasteiger partial charge in [0, 0.05) is 5.41 Å². The van der Waals surface area contributed by atoms with Gasteiger partial charge in [0.25, 0.3) is 0 Å². The van der Waals surface area contributed by atoms with Crippen LogP contribution in [0.4, 0.5) is 0 Å². The van der Waals surface area contributed by atoms with Gasteiger partial charge in [-0.3, -0.25) is 0 Å². The van der Waals surface area contributed by atoms with E-state index < -0.39 is 5.60 Å². The highest BCUT2D eigenvalue weighted by atomic mass is 16.3. The Labute approximate surface area is 140 Å². The van der Waals surface area contributed by atoms with E-state index in [1.54, 1.807) is 11.1 Å². The maximum Gasteiger partial charge on any atom is 0.130 e. The van der Waals surface area contributed by atoms with Crippen molar-refractivity contribution in [3.8, 4) is 12.3 Å². The van der Waals surface area contributed by atoms with Gasteiger partial charge in [0.05, 0.1) is 0 Å². The topological polar surface area (TPSA) is 20.2 Å². The molecule has 0 aromatic heterocycles. The molecule has 0 radical (unpaired) electrons. The van der Waals surface area contributed by atoms with Crippen LogP contribution in [0.5, 0.6) is 0 Å². The predicted molar refractivity (Wildman–Crippen MR) is 94.2 cm³/mol. The summed E-state index contributed by atoms with van der Waals surface area (Å²) in [4.78, 5) is 0. The maximum absolute atomic E-state index is 11.0. The van der Waals surface area contributed by atoms with Crippen LogP contribution in [-0.4, -0.2) is 10.7 Å². The van der Waals surface area contributed by atoms with Crippen molar-refractivity contribution < 1.29 is 5.11 Å². The van der Waals surface area contributed by atoms with Crippen molar-refractivity contribution in [2.24, 2.45) is 17.3 Å². The zero-order chi connectivity index (χ0) is 16.2. The monoisotopic (exact) mass is 308 g/mol. The van der Waals surface area contributed by atoms with Crippen molar-refractivity contribution in [3.05, 3.63) is 34.9 Å². The average molecular weight is 308 g/mol. The lowest BCUT2D eigenvalue weighted by Crippen LogP contribution is -2.50. The number of aryl methyl sites for hydroxylation is 2. The molecule has 0 heterocycles. The second kappa shape index (κ2) is 5.12. The molecule has 1 aromatic carbocycles. The summed E-state index contributed by atoms with van der Waals surface area (Å²) in [7, 11) is 0. The fourth-order valence-corrected chi connectivity index (χ4v) is 6.11. The molecule has 1 N–H and O–H groups in total. The normalized spacial score (nSPS) is 41.6. The molecule has 23 heavy (non-hydrogen) atoms. The zero-order valence-electron chi connectivity index (χ0n) is 14.4. The fraction of sp³-hybridized carbons (Fsp3) is 0.636. The zero-order valence-corrected chi connectivity index (χ0v) is 14.4. The third-order valence-corrected chi connectivity index (χ3v) is 7.59. The molecule has 0 bridgehead atoms. The Morgan fingerprint density at radius 3 is 2.83 bits per heavy atom. The highest BCUT2D eigenvalue weighted by Gasteiger charge is 2.61. The molecule has 1 nitrogen and oxygen atoms in total. The molecule has 5 atom stereocenters. The molecule has 122 valence electrons. The van der Waals surface area contributed by atoms with E-state index in [0.717, 1.165) is 25.7 Å². The lowest BCUT2D eigenvalue weighted by atomic mass is 9.53. The van der Waals surface area contributed by atoms with Crippen LogP contribution in [0.3, 0.4) is 0 Å². The van der Waals surface area contributed by atoms with E-state index in [1.165, 1.54) is 24.8 Å². The number of hydrogen-bond donors (Lipinski definition) is 1. The van der Waals surface area contributed by atoms with Gasteiger partial charge in [-0.15, -0.1) is 6.42 Å². The largest absolute Gasteiger partial charge is 0.377 e. The molecule has 5 unspecified atom stereocenters. The summed E-state index contributed by atoms with van der Waals surface area (Å²) in [5.74, 6) is 4.74. The van der Waals surface area contributed by atoms with Gasteiger partial charge in [0.2, 0.25) is 0 Å². The molecule has 3 aliphatic rings. The second-order valence-electron chi connectivity index (χ2n) is 8.30. The minimum absolute atomic E-state index is 0.0796. The SMILES string of the molecule is C#CC1(O)CCC2C3CCc4cc(CC)ccc4C3CCC21C. The van der Waals surface area contributed by atoms with Gasteiger partial charge < -0.3 is 5.11 Å². The lowest BCUT2D eigenvalue weighted by Gasteiger charge is -2.52. The van der Waals surface area contributed by atoms with Crippen LogP contribution in [0.25, 0.3) is 0 Å².